The fourth-order valence-electron chi connectivity index (χ4n) is 0.680. The van der Waals surface area contributed by atoms with Crippen molar-refractivity contribution in [2.24, 2.45) is 0 Å². The molecule has 2 rings (SSSR count). The van der Waals surface area contributed by atoms with E-state index in [1.807, 2.05) is 24.3 Å². The summed E-state index contributed by atoms with van der Waals surface area (Å²) in [6.07, 6.45) is 20.0. The van der Waals surface area contributed by atoms with Crippen LogP contribution < -0.4 is 0 Å². The minimum atomic E-state index is 0. The second-order valence-electron chi connectivity index (χ2n) is 2.01. The van der Waals surface area contributed by atoms with Crippen molar-refractivity contribution in [2.75, 3.05) is 0 Å². The van der Waals surface area contributed by atoms with Gasteiger partial charge in [-0.25, -0.2) is 24.3 Å². The molecule has 0 unspecified atom stereocenters. The Labute approximate surface area is 109 Å². The molecule has 0 saturated carbocycles. The van der Waals surface area contributed by atoms with Crippen molar-refractivity contribution < 1.29 is 26.2 Å². The molecule has 2 aliphatic rings. The van der Waals surface area contributed by atoms with Gasteiger partial charge in [-0.15, -0.1) is 12.8 Å². The maximum absolute atomic E-state index is 3.06. The Bertz CT molecular complexity index is 148. The molecule has 0 N–H and O–H groups in total. The summed E-state index contributed by atoms with van der Waals surface area (Å²) in [5.74, 6) is 3.06. The summed E-state index contributed by atoms with van der Waals surface area (Å²) >= 11 is 2.69. The zero-order valence-electron chi connectivity index (χ0n) is 7.46. The van der Waals surface area contributed by atoms with Gasteiger partial charge in [0.05, 0.1) is 0 Å². The van der Waals surface area contributed by atoms with Crippen LogP contribution in [0.15, 0.2) is 36.5 Å². The van der Waals surface area contributed by atoms with Crippen LogP contribution >= 0.6 is 15.9 Å². The zero-order valence-corrected chi connectivity index (χ0v) is 11.5. The van der Waals surface area contributed by atoms with Crippen LogP contribution in [0.25, 0.3) is 0 Å². The van der Waals surface area contributed by atoms with E-state index in [1.165, 1.54) is 0 Å². The molecule has 0 bridgehead atoms. The molecule has 0 aromatic rings. The fourth-order valence-corrected chi connectivity index (χ4v) is 0.680. The molecule has 0 atom stereocenters. The first-order valence-corrected chi connectivity index (χ1v) is 4.82. The summed E-state index contributed by atoms with van der Waals surface area (Å²) in [5.41, 5.74) is 0. The fraction of sp³-hybridized carbons (Fsp3) is 0.182. The van der Waals surface area contributed by atoms with E-state index in [4.69, 9.17) is 0 Å². The van der Waals surface area contributed by atoms with Crippen molar-refractivity contribution >= 4 is 15.9 Å². The van der Waals surface area contributed by atoms with Gasteiger partial charge in [-0.3, -0.25) is 18.0 Å². The Morgan fingerprint density at radius 1 is 0.923 bits per heavy atom. The third-order valence-corrected chi connectivity index (χ3v) is 1.17. The molecular formula is C11H12BrZr. The number of allylic oxidation sites excluding steroid dienone is 8. The Balaban J connectivity index is 0. The van der Waals surface area contributed by atoms with Gasteiger partial charge in [-0.2, -0.15) is 12.2 Å². The molecule has 0 spiro atoms. The van der Waals surface area contributed by atoms with Crippen LogP contribution in [0.1, 0.15) is 12.8 Å². The van der Waals surface area contributed by atoms with Gasteiger partial charge in [-0.1, -0.05) is 0 Å². The van der Waals surface area contributed by atoms with Gasteiger partial charge >= 0.3 is 26.2 Å². The predicted molar refractivity (Wildman–Crippen MR) is 57.4 cm³/mol. The molecule has 0 fully saturated rings. The number of halogens is 1. The Kier molecular flexibility index (Phi) is 18.0. The molecule has 0 nitrogen and oxygen atoms in total. The van der Waals surface area contributed by atoms with E-state index in [0.717, 1.165) is 12.8 Å². The normalized spacial score (nSPS) is 14.0. The Hall–Kier alpha value is 0.323. The van der Waals surface area contributed by atoms with Crippen molar-refractivity contribution in [3.05, 3.63) is 54.4 Å². The van der Waals surface area contributed by atoms with E-state index in [-0.39, 0.29) is 26.2 Å². The average Bonchev–Trinajstić information content (AvgIpc) is 2.87. The van der Waals surface area contributed by atoms with Crippen molar-refractivity contribution in [2.45, 2.75) is 12.8 Å². The van der Waals surface area contributed by atoms with Gasteiger partial charge in [-0.05, 0) is 0 Å². The van der Waals surface area contributed by atoms with Crippen LogP contribution in [0.2, 0.25) is 0 Å². The molecular weight excluding hydrogens is 303 g/mol. The molecule has 0 aromatic carbocycles. The maximum atomic E-state index is 3.06. The largest absolute Gasteiger partial charge is 3.00 e. The van der Waals surface area contributed by atoms with Gasteiger partial charge in [0.25, 0.3) is 0 Å². The first kappa shape index (κ1) is 15.8. The van der Waals surface area contributed by atoms with Crippen molar-refractivity contribution in [1.29, 1.82) is 0 Å². The first-order valence-electron chi connectivity index (χ1n) is 3.70. The van der Waals surface area contributed by atoms with E-state index < -0.39 is 0 Å². The molecule has 0 aliphatic heterocycles. The minimum absolute atomic E-state index is 0. The summed E-state index contributed by atoms with van der Waals surface area (Å²) < 4.78 is 0. The molecule has 2 aliphatic carbocycles. The van der Waals surface area contributed by atoms with Crippen LogP contribution in [0.5, 0.6) is 0 Å². The van der Waals surface area contributed by atoms with Crippen molar-refractivity contribution in [1.82, 2.24) is 0 Å². The van der Waals surface area contributed by atoms with Crippen LogP contribution in [0.4, 0.5) is 0 Å². The summed E-state index contributed by atoms with van der Waals surface area (Å²) in [5, 5.41) is 0. The van der Waals surface area contributed by atoms with Crippen molar-refractivity contribution in [3.63, 3.8) is 0 Å². The maximum Gasteiger partial charge on any atom is 3.00 e. The smallest absolute Gasteiger partial charge is 0.323 e. The SMILES string of the molecule is [C-]1=CC=CC1.[C-]1=CC=CC1.[CH2-]Br.[Zr+3]. The first-order chi connectivity index (χ1) is 6.00. The molecule has 67 valence electrons. The van der Waals surface area contributed by atoms with Crippen LogP contribution in [0, 0.1) is 18.0 Å². The van der Waals surface area contributed by atoms with Crippen LogP contribution in [-0.2, 0) is 26.2 Å². The van der Waals surface area contributed by atoms with Gasteiger partial charge in [0.1, 0.15) is 0 Å². The third kappa shape index (κ3) is 12.3. The van der Waals surface area contributed by atoms with E-state index in [0.29, 0.717) is 0 Å². The molecule has 1 radical (unpaired) electrons. The summed E-state index contributed by atoms with van der Waals surface area (Å²) in [6.45, 7) is 0. The predicted octanol–water partition coefficient (Wildman–Crippen LogP) is 3.78. The van der Waals surface area contributed by atoms with Crippen LogP contribution in [0.3, 0.4) is 0 Å². The second kappa shape index (κ2) is 14.8. The molecule has 0 amide bonds. The van der Waals surface area contributed by atoms with E-state index in [1.54, 1.807) is 0 Å². The second-order valence-corrected chi connectivity index (χ2v) is 2.01. The topological polar surface area (TPSA) is 0 Å². The number of hydrogen-bond donors (Lipinski definition) is 0. The van der Waals surface area contributed by atoms with E-state index in [9.17, 15) is 0 Å². The summed E-state index contributed by atoms with van der Waals surface area (Å²) in [7, 11) is 0. The van der Waals surface area contributed by atoms with Gasteiger partial charge < -0.3 is 15.9 Å². The standard InChI is InChI=1S/2C5H5.CH2Br.Zr/c2*1-2-4-5-3-1;1-2;/h2*1-3H,4H2;1H2;/q3*-1;+3. The van der Waals surface area contributed by atoms with E-state index in [2.05, 4.69) is 46.1 Å². The molecule has 0 saturated heterocycles. The van der Waals surface area contributed by atoms with Crippen molar-refractivity contribution in [3.8, 4) is 0 Å². The molecule has 13 heavy (non-hydrogen) atoms. The molecule has 0 heterocycles. The monoisotopic (exact) mass is 313 g/mol. The molecule has 0 aromatic heterocycles. The molecule has 2 heteroatoms. The van der Waals surface area contributed by atoms with E-state index >= 15 is 0 Å². The Morgan fingerprint density at radius 2 is 1.31 bits per heavy atom. The summed E-state index contributed by atoms with van der Waals surface area (Å²) in [4.78, 5) is 0. The average molecular weight is 315 g/mol. The van der Waals surface area contributed by atoms with Gasteiger partial charge in [0.2, 0.25) is 0 Å². The number of rotatable bonds is 0. The zero-order chi connectivity index (χ0) is 9.07. The van der Waals surface area contributed by atoms with Gasteiger partial charge in [0, 0.05) is 0 Å². The quantitative estimate of drug-likeness (QED) is 0.597. The third-order valence-electron chi connectivity index (χ3n) is 1.17. The summed E-state index contributed by atoms with van der Waals surface area (Å²) in [6, 6.07) is 0. The van der Waals surface area contributed by atoms with Gasteiger partial charge in [0.15, 0.2) is 0 Å². The Morgan fingerprint density at radius 3 is 1.38 bits per heavy atom. The minimum Gasteiger partial charge on any atom is -0.323 e. The number of hydrogen-bond acceptors (Lipinski definition) is 0. The van der Waals surface area contributed by atoms with Crippen LogP contribution in [-0.4, -0.2) is 0 Å².